The summed E-state index contributed by atoms with van der Waals surface area (Å²) >= 11 is 0. The summed E-state index contributed by atoms with van der Waals surface area (Å²) in [6.07, 6.45) is 1.20. The van der Waals surface area contributed by atoms with E-state index in [2.05, 4.69) is 13.8 Å². The van der Waals surface area contributed by atoms with E-state index < -0.39 is 30.5 Å². The number of carbonyl (C=O) groups is 1. The van der Waals surface area contributed by atoms with Crippen molar-refractivity contribution in [2.24, 2.45) is 11.8 Å². The van der Waals surface area contributed by atoms with Crippen molar-refractivity contribution in [3.8, 4) is 5.75 Å². The smallest absolute Gasteiger partial charge is 0.265 e. The quantitative estimate of drug-likeness (QED) is 0.285. The molecule has 1 aromatic rings. The lowest BCUT2D eigenvalue weighted by Gasteiger charge is -2.34. The molecule has 192 valence electrons. The number of hydrogen-bond donors (Lipinski definition) is 2. The maximum atomic E-state index is 13.2. The number of nitrogens with one attached hydrogen (secondary N) is 1. The molecule has 2 heterocycles. The van der Waals surface area contributed by atoms with Crippen LogP contribution in [0.3, 0.4) is 0 Å². The Kier molecular flexibility index (Phi) is 8.61. The SMILES string of the molecule is CC1CC(C)CN(S(=O)(=O)CCCOc2ccc(S(=O)(=O)C3(C(=O)NO)CCOCC3)cc2)C1. The van der Waals surface area contributed by atoms with E-state index in [1.165, 1.54) is 29.7 Å². The van der Waals surface area contributed by atoms with Gasteiger partial charge in [0.15, 0.2) is 14.6 Å². The third-order valence-electron chi connectivity index (χ3n) is 6.51. The molecule has 2 atom stereocenters. The molecule has 2 fully saturated rings. The molecule has 2 aliphatic heterocycles. The second-order valence-corrected chi connectivity index (χ2v) is 13.7. The molecule has 3 rings (SSSR count). The van der Waals surface area contributed by atoms with Gasteiger partial charge in [0.05, 0.1) is 17.3 Å². The lowest BCUT2D eigenvalue weighted by molar-refractivity contribution is -0.134. The van der Waals surface area contributed by atoms with Crippen LogP contribution in [0.15, 0.2) is 29.2 Å². The molecule has 0 saturated carbocycles. The van der Waals surface area contributed by atoms with Gasteiger partial charge in [0.25, 0.3) is 5.91 Å². The Bertz CT molecular complexity index is 1040. The molecule has 12 heteroatoms. The average Bonchev–Trinajstić information content (AvgIpc) is 2.81. The number of hydrogen-bond acceptors (Lipinski definition) is 8. The molecule has 0 aromatic heterocycles. The maximum Gasteiger partial charge on any atom is 0.265 e. The highest BCUT2D eigenvalue weighted by Crippen LogP contribution is 2.35. The molecule has 10 nitrogen and oxygen atoms in total. The minimum absolute atomic E-state index is 0.0141. The first-order valence-electron chi connectivity index (χ1n) is 11.5. The second kappa shape index (κ2) is 10.9. The average molecular weight is 519 g/mol. The number of ether oxygens (including phenoxy) is 2. The molecule has 0 aliphatic carbocycles. The highest BCUT2D eigenvalue weighted by atomic mass is 32.2. The van der Waals surface area contributed by atoms with E-state index in [-0.39, 0.29) is 43.3 Å². The van der Waals surface area contributed by atoms with Crippen LogP contribution in [0, 0.1) is 11.8 Å². The van der Waals surface area contributed by atoms with Crippen molar-refractivity contribution < 1.29 is 36.3 Å². The van der Waals surface area contributed by atoms with Gasteiger partial charge in [-0.15, -0.1) is 0 Å². The first kappa shape index (κ1) is 26.9. The van der Waals surface area contributed by atoms with Crippen LogP contribution >= 0.6 is 0 Å². The summed E-state index contributed by atoms with van der Waals surface area (Å²) in [5, 5.41) is 9.12. The summed E-state index contributed by atoms with van der Waals surface area (Å²) < 4.78 is 62.4. The van der Waals surface area contributed by atoms with Crippen LogP contribution in [0.1, 0.15) is 39.5 Å². The monoisotopic (exact) mass is 518 g/mol. The lowest BCUT2D eigenvalue weighted by atomic mass is 9.94. The first-order chi connectivity index (χ1) is 16.0. The molecule has 34 heavy (non-hydrogen) atoms. The third kappa shape index (κ3) is 5.73. The minimum atomic E-state index is -4.11. The molecular weight excluding hydrogens is 484 g/mol. The molecule has 2 N–H and O–H groups in total. The fourth-order valence-corrected chi connectivity index (χ4v) is 8.40. The summed E-state index contributed by atoms with van der Waals surface area (Å²) in [6.45, 7) is 5.56. The van der Waals surface area contributed by atoms with E-state index >= 15 is 0 Å². The van der Waals surface area contributed by atoms with Crippen molar-refractivity contribution in [2.75, 3.05) is 38.7 Å². The number of sulfone groups is 1. The Hall–Kier alpha value is -1.73. The second-order valence-electron chi connectivity index (χ2n) is 9.30. The molecular formula is C22H34N2O8S2. The number of piperidine rings is 1. The zero-order valence-corrected chi connectivity index (χ0v) is 21.2. The number of hydroxylamine groups is 1. The van der Waals surface area contributed by atoms with Gasteiger partial charge in [-0.3, -0.25) is 10.0 Å². The molecule has 2 unspecified atom stereocenters. The summed E-state index contributed by atoms with van der Waals surface area (Å²) in [4.78, 5) is 12.2. The van der Waals surface area contributed by atoms with Crippen LogP contribution in [0.4, 0.5) is 0 Å². The topological polar surface area (TPSA) is 139 Å². The van der Waals surface area contributed by atoms with E-state index in [4.69, 9.17) is 14.7 Å². The van der Waals surface area contributed by atoms with Crippen molar-refractivity contribution in [3.05, 3.63) is 24.3 Å². The Morgan fingerprint density at radius 3 is 2.26 bits per heavy atom. The molecule has 1 aromatic carbocycles. The Balaban J connectivity index is 1.59. The standard InChI is InChI=1S/C22H34N2O8S2/c1-17-14-18(2)16-24(15-17)33(27,28)13-3-10-32-19-4-6-20(7-5-19)34(29,30)22(21(25)23-26)8-11-31-12-9-22/h4-7,17-18,26H,3,8-16H2,1-2H3,(H,23,25). The van der Waals surface area contributed by atoms with Gasteiger partial charge in [0.1, 0.15) is 5.75 Å². The van der Waals surface area contributed by atoms with Gasteiger partial charge in [0, 0.05) is 26.3 Å². The van der Waals surface area contributed by atoms with Gasteiger partial charge in [0.2, 0.25) is 10.0 Å². The minimum Gasteiger partial charge on any atom is -0.494 e. The largest absolute Gasteiger partial charge is 0.494 e. The molecule has 0 radical (unpaired) electrons. The van der Waals surface area contributed by atoms with E-state index in [1.807, 2.05) is 0 Å². The zero-order valence-electron chi connectivity index (χ0n) is 19.6. The summed E-state index contributed by atoms with van der Waals surface area (Å²) in [5.41, 5.74) is 1.49. The van der Waals surface area contributed by atoms with Crippen molar-refractivity contribution in [3.63, 3.8) is 0 Å². The van der Waals surface area contributed by atoms with Crippen molar-refractivity contribution in [1.82, 2.24) is 9.79 Å². The van der Waals surface area contributed by atoms with Gasteiger partial charge < -0.3 is 9.47 Å². The maximum absolute atomic E-state index is 13.2. The van der Waals surface area contributed by atoms with Crippen LogP contribution in [-0.2, 0) is 29.4 Å². The zero-order chi connectivity index (χ0) is 25.0. The van der Waals surface area contributed by atoms with Crippen molar-refractivity contribution in [1.29, 1.82) is 0 Å². The summed E-state index contributed by atoms with van der Waals surface area (Å²) in [5.74, 6) is 0.0837. The summed E-state index contributed by atoms with van der Waals surface area (Å²) in [6, 6.07) is 5.64. The predicted octanol–water partition coefficient (Wildman–Crippen LogP) is 1.59. The van der Waals surface area contributed by atoms with Crippen molar-refractivity contribution >= 4 is 25.8 Å². The van der Waals surface area contributed by atoms with Crippen LogP contribution in [0.2, 0.25) is 0 Å². The first-order valence-corrected chi connectivity index (χ1v) is 14.6. The molecule has 0 bridgehead atoms. The molecule has 2 saturated heterocycles. The number of rotatable bonds is 9. The number of carbonyl (C=O) groups excluding carboxylic acids is 1. The van der Waals surface area contributed by atoms with E-state index in [0.717, 1.165) is 6.42 Å². The van der Waals surface area contributed by atoms with Gasteiger partial charge in [-0.05, 0) is 61.8 Å². The van der Waals surface area contributed by atoms with E-state index in [1.54, 1.807) is 4.31 Å². The number of amides is 1. The Labute approximate surface area is 201 Å². The highest BCUT2D eigenvalue weighted by Gasteiger charge is 2.52. The van der Waals surface area contributed by atoms with Gasteiger partial charge in [-0.25, -0.2) is 26.6 Å². The molecule has 1 amide bonds. The van der Waals surface area contributed by atoms with Crippen LogP contribution in [-0.4, -0.2) is 75.7 Å². The van der Waals surface area contributed by atoms with E-state index in [0.29, 0.717) is 37.1 Å². The van der Waals surface area contributed by atoms with Gasteiger partial charge in [-0.2, -0.15) is 0 Å². The number of benzene rings is 1. The van der Waals surface area contributed by atoms with Crippen molar-refractivity contribution in [2.45, 2.75) is 49.2 Å². The normalized spacial score (nSPS) is 23.9. The Morgan fingerprint density at radius 1 is 1.12 bits per heavy atom. The number of nitrogens with zero attached hydrogens (tertiary/aromatic N) is 1. The summed E-state index contributed by atoms with van der Waals surface area (Å²) in [7, 11) is -7.46. The van der Waals surface area contributed by atoms with Crippen LogP contribution < -0.4 is 10.2 Å². The predicted molar refractivity (Wildman–Crippen MR) is 125 cm³/mol. The van der Waals surface area contributed by atoms with Gasteiger partial charge in [-0.1, -0.05) is 13.8 Å². The van der Waals surface area contributed by atoms with Crippen LogP contribution in [0.5, 0.6) is 5.75 Å². The Morgan fingerprint density at radius 2 is 1.71 bits per heavy atom. The lowest BCUT2D eigenvalue weighted by Crippen LogP contribution is -2.54. The fourth-order valence-electron chi connectivity index (χ4n) is 4.75. The molecule has 0 spiro atoms. The third-order valence-corrected chi connectivity index (χ3v) is 10.9. The fraction of sp³-hybridized carbons (Fsp3) is 0.682. The van der Waals surface area contributed by atoms with Gasteiger partial charge >= 0.3 is 0 Å². The number of sulfonamides is 1. The molecule has 2 aliphatic rings. The highest BCUT2D eigenvalue weighted by molar-refractivity contribution is 7.93. The van der Waals surface area contributed by atoms with E-state index in [9.17, 15) is 21.6 Å². The van der Waals surface area contributed by atoms with Crippen LogP contribution in [0.25, 0.3) is 0 Å².